The van der Waals surface area contributed by atoms with Crippen LogP contribution in [0.2, 0.25) is 0 Å². The third-order valence-electron chi connectivity index (χ3n) is 2.93. The number of nitrogens with zero attached hydrogens (tertiary/aromatic N) is 2. The van der Waals surface area contributed by atoms with Gasteiger partial charge in [0.1, 0.15) is 5.75 Å². The van der Waals surface area contributed by atoms with E-state index in [2.05, 4.69) is 9.97 Å². The van der Waals surface area contributed by atoms with Crippen LogP contribution in [0.15, 0.2) is 30.6 Å². The van der Waals surface area contributed by atoms with Gasteiger partial charge in [-0.25, -0.2) is 0 Å². The van der Waals surface area contributed by atoms with E-state index in [0.29, 0.717) is 0 Å². The average molecular weight is 271 g/mol. The van der Waals surface area contributed by atoms with Crippen LogP contribution in [-0.4, -0.2) is 16.1 Å². The Morgan fingerprint density at radius 2 is 1.65 bits per heavy atom. The van der Waals surface area contributed by atoms with E-state index < -0.39 is 0 Å². The van der Waals surface area contributed by atoms with Crippen molar-refractivity contribution >= 4 is 0 Å². The van der Waals surface area contributed by atoms with Gasteiger partial charge in [0.15, 0.2) is 0 Å². The summed E-state index contributed by atoms with van der Waals surface area (Å²) in [4.78, 5) is 8.58. The molecule has 2 aromatic heterocycles. The van der Waals surface area contributed by atoms with Gasteiger partial charge in [-0.15, -0.1) is 0 Å². The highest BCUT2D eigenvalue weighted by atomic mass is 16.5. The Kier molecular flexibility index (Phi) is 4.35. The average Bonchev–Trinajstić information content (AvgIpc) is 2.36. The number of hydrogen-bond donors (Lipinski definition) is 1. The number of rotatable bonds is 4. The number of aryl methyl sites for hydroxylation is 2. The molecular weight excluding hydrogens is 250 g/mol. The molecule has 2 N–H and O–H groups in total. The number of nitrogens with two attached hydrogens (primary N) is 1. The zero-order valence-electron chi connectivity index (χ0n) is 12.4. The van der Waals surface area contributed by atoms with Crippen LogP contribution in [0.1, 0.15) is 42.4 Å². The van der Waals surface area contributed by atoms with Crippen molar-refractivity contribution in [1.82, 2.24) is 9.97 Å². The lowest BCUT2D eigenvalue weighted by molar-refractivity contribution is 0.241. The van der Waals surface area contributed by atoms with Crippen LogP contribution in [0.5, 0.6) is 5.75 Å². The van der Waals surface area contributed by atoms with Crippen LogP contribution in [-0.2, 0) is 0 Å². The molecule has 0 saturated heterocycles. The van der Waals surface area contributed by atoms with E-state index in [1.165, 1.54) is 0 Å². The third kappa shape index (κ3) is 3.54. The number of ether oxygens (including phenoxy) is 1. The van der Waals surface area contributed by atoms with Crippen LogP contribution < -0.4 is 10.5 Å². The van der Waals surface area contributed by atoms with Crippen molar-refractivity contribution in [2.45, 2.75) is 39.8 Å². The lowest BCUT2D eigenvalue weighted by Crippen LogP contribution is -2.14. The van der Waals surface area contributed by atoms with Crippen LogP contribution in [0, 0.1) is 13.8 Å². The fraction of sp³-hybridized carbons (Fsp3) is 0.375. The number of pyridine rings is 2. The molecular formula is C16H21N3O. The van der Waals surface area contributed by atoms with E-state index in [1.54, 1.807) is 12.4 Å². The molecule has 1 atom stereocenters. The Bertz CT molecular complexity index is 576. The molecule has 2 aromatic rings. The maximum absolute atomic E-state index is 6.33. The van der Waals surface area contributed by atoms with Gasteiger partial charge in [-0.2, -0.15) is 0 Å². The SMILES string of the molecule is Cc1cc(C(N)c2cncc(OC(C)C)c2)cc(C)n1. The standard InChI is InChI=1S/C16H21N3O/c1-10(2)20-15-7-14(8-18-9-15)16(17)13-5-11(3)19-12(4)6-13/h5-10,16H,17H2,1-4H3. The van der Waals surface area contributed by atoms with Gasteiger partial charge in [0.25, 0.3) is 0 Å². The Balaban J connectivity index is 2.30. The van der Waals surface area contributed by atoms with Gasteiger partial charge in [-0.05, 0) is 57.0 Å². The minimum atomic E-state index is -0.224. The number of aromatic nitrogens is 2. The second-order valence-electron chi connectivity index (χ2n) is 5.28. The first-order valence-electron chi connectivity index (χ1n) is 6.78. The third-order valence-corrected chi connectivity index (χ3v) is 2.93. The molecule has 0 aromatic carbocycles. The molecule has 20 heavy (non-hydrogen) atoms. The molecule has 0 bridgehead atoms. The molecule has 2 rings (SSSR count). The van der Waals surface area contributed by atoms with Gasteiger partial charge in [0.2, 0.25) is 0 Å². The Morgan fingerprint density at radius 1 is 1.00 bits per heavy atom. The first-order valence-corrected chi connectivity index (χ1v) is 6.78. The Morgan fingerprint density at radius 3 is 2.25 bits per heavy atom. The molecule has 0 radical (unpaired) electrons. The lowest BCUT2D eigenvalue weighted by Gasteiger charge is -2.15. The van der Waals surface area contributed by atoms with Crippen molar-refractivity contribution in [1.29, 1.82) is 0 Å². The summed E-state index contributed by atoms with van der Waals surface area (Å²) < 4.78 is 5.66. The van der Waals surface area contributed by atoms with Crippen molar-refractivity contribution in [3.8, 4) is 5.75 Å². The predicted molar refractivity (Wildman–Crippen MR) is 79.7 cm³/mol. The van der Waals surface area contributed by atoms with E-state index in [0.717, 1.165) is 28.3 Å². The Hall–Kier alpha value is -1.94. The van der Waals surface area contributed by atoms with Gasteiger partial charge < -0.3 is 10.5 Å². The summed E-state index contributed by atoms with van der Waals surface area (Å²) in [5, 5.41) is 0. The molecule has 0 spiro atoms. The van der Waals surface area contributed by atoms with Crippen molar-refractivity contribution in [2.24, 2.45) is 5.73 Å². The zero-order chi connectivity index (χ0) is 14.7. The van der Waals surface area contributed by atoms with Gasteiger partial charge in [-0.3, -0.25) is 9.97 Å². The monoisotopic (exact) mass is 271 g/mol. The second kappa shape index (κ2) is 6.01. The quantitative estimate of drug-likeness (QED) is 0.928. The molecule has 0 fully saturated rings. The fourth-order valence-corrected chi connectivity index (χ4v) is 2.18. The molecule has 4 heteroatoms. The van der Waals surface area contributed by atoms with Crippen molar-refractivity contribution in [3.05, 3.63) is 53.1 Å². The number of hydrogen-bond acceptors (Lipinski definition) is 4. The summed E-state index contributed by atoms with van der Waals surface area (Å²) in [7, 11) is 0. The fourth-order valence-electron chi connectivity index (χ4n) is 2.18. The van der Waals surface area contributed by atoms with Crippen LogP contribution in [0.3, 0.4) is 0 Å². The smallest absolute Gasteiger partial charge is 0.138 e. The molecule has 0 aliphatic heterocycles. The molecule has 2 heterocycles. The van der Waals surface area contributed by atoms with E-state index in [1.807, 2.05) is 45.9 Å². The molecule has 0 amide bonds. The van der Waals surface area contributed by atoms with Crippen LogP contribution in [0.25, 0.3) is 0 Å². The minimum Gasteiger partial charge on any atom is -0.489 e. The highest BCUT2D eigenvalue weighted by molar-refractivity contribution is 5.35. The van der Waals surface area contributed by atoms with E-state index in [9.17, 15) is 0 Å². The summed E-state index contributed by atoms with van der Waals surface area (Å²) >= 11 is 0. The maximum Gasteiger partial charge on any atom is 0.138 e. The first kappa shape index (κ1) is 14.5. The summed E-state index contributed by atoms with van der Waals surface area (Å²) in [6.07, 6.45) is 3.61. The van der Waals surface area contributed by atoms with E-state index in [-0.39, 0.29) is 12.1 Å². The maximum atomic E-state index is 6.33. The highest BCUT2D eigenvalue weighted by Crippen LogP contribution is 2.23. The molecule has 0 aliphatic carbocycles. The summed E-state index contributed by atoms with van der Waals surface area (Å²) in [6.45, 7) is 7.92. The molecule has 4 nitrogen and oxygen atoms in total. The predicted octanol–water partition coefficient (Wildman–Crippen LogP) is 2.93. The normalized spacial score (nSPS) is 12.5. The molecule has 1 unspecified atom stereocenters. The zero-order valence-corrected chi connectivity index (χ0v) is 12.4. The largest absolute Gasteiger partial charge is 0.489 e. The van der Waals surface area contributed by atoms with Crippen LogP contribution in [0.4, 0.5) is 0 Å². The highest BCUT2D eigenvalue weighted by Gasteiger charge is 2.12. The second-order valence-corrected chi connectivity index (χ2v) is 5.28. The first-order chi connectivity index (χ1) is 9.45. The van der Waals surface area contributed by atoms with E-state index >= 15 is 0 Å². The van der Waals surface area contributed by atoms with Crippen LogP contribution >= 0.6 is 0 Å². The molecule has 0 aliphatic rings. The summed E-state index contributed by atoms with van der Waals surface area (Å²) in [5.41, 5.74) is 10.2. The van der Waals surface area contributed by atoms with Crippen molar-refractivity contribution in [2.75, 3.05) is 0 Å². The van der Waals surface area contributed by atoms with Gasteiger partial charge in [0.05, 0.1) is 18.3 Å². The van der Waals surface area contributed by atoms with Gasteiger partial charge >= 0.3 is 0 Å². The topological polar surface area (TPSA) is 61.0 Å². The summed E-state index contributed by atoms with van der Waals surface area (Å²) in [5.74, 6) is 0.746. The van der Waals surface area contributed by atoms with Crippen molar-refractivity contribution in [3.63, 3.8) is 0 Å². The van der Waals surface area contributed by atoms with E-state index in [4.69, 9.17) is 10.5 Å². The minimum absolute atomic E-state index is 0.119. The lowest BCUT2D eigenvalue weighted by atomic mass is 10.0. The van der Waals surface area contributed by atoms with Gasteiger partial charge in [-0.1, -0.05) is 0 Å². The Labute approximate surface area is 120 Å². The molecule has 106 valence electrons. The molecule has 0 saturated carbocycles. The summed E-state index contributed by atoms with van der Waals surface area (Å²) in [6, 6.07) is 5.74. The van der Waals surface area contributed by atoms with Gasteiger partial charge in [0, 0.05) is 17.6 Å². The van der Waals surface area contributed by atoms with Crippen molar-refractivity contribution < 1.29 is 4.74 Å².